The molecule has 0 aliphatic heterocycles. The molecule has 0 amide bonds. The normalized spacial score (nSPS) is 24.1. The van der Waals surface area contributed by atoms with Crippen molar-refractivity contribution in [2.24, 2.45) is 11.8 Å². The standard InChI is InChI=1S/C15H26O2/c1-16-11-14(12-7-3-4-8-12)15(17-2)13-9-5-6-10-13/h12-13H,3-11H2,1-2H3. The van der Waals surface area contributed by atoms with E-state index in [0.29, 0.717) is 5.92 Å². The Kier molecular flexibility index (Phi) is 4.90. The Bertz CT molecular complexity index is 258. The molecule has 0 saturated heterocycles. The molecule has 0 unspecified atom stereocenters. The van der Waals surface area contributed by atoms with Crippen LogP contribution in [-0.2, 0) is 9.47 Å². The van der Waals surface area contributed by atoms with E-state index < -0.39 is 0 Å². The second kappa shape index (κ2) is 6.44. The van der Waals surface area contributed by atoms with Crippen LogP contribution >= 0.6 is 0 Å². The molecular weight excluding hydrogens is 212 g/mol. The third-order valence-electron chi connectivity index (χ3n) is 4.41. The zero-order valence-corrected chi connectivity index (χ0v) is 11.3. The number of rotatable bonds is 5. The van der Waals surface area contributed by atoms with E-state index in [9.17, 15) is 0 Å². The molecule has 0 bridgehead atoms. The zero-order valence-electron chi connectivity index (χ0n) is 11.3. The number of allylic oxidation sites excluding steroid dienone is 1. The highest BCUT2D eigenvalue weighted by molar-refractivity contribution is 5.17. The molecule has 0 heterocycles. The Morgan fingerprint density at radius 1 is 0.882 bits per heavy atom. The van der Waals surface area contributed by atoms with Gasteiger partial charge in [0.2, 0.25) is 0 Å². The van der Waals surface area contributed by atoms with E-state index in [1.165, 1.54) is 62.7 Å². The van der Waals surface area contributed by atoms with Crippen LogP contribution in [0.15, 0.2) is 11.3 Å². The van der Waals surface area contributed by atoms with E-state index in [-0.39, 0.29) is 0 Å². The highest BCUT2D eigenvalue weighted by Gasteiger charge is 2.28. The summed E-state index contributed by atoms with van der Waals surface area (Å²) >= 11 is 0. The Morgan fingerprint density at radius 2 is 1.41 bits per heavy atom. The van der Waals surface area contributed by atoms with Crippen molar-refractivity contribution < 1.29 is 9.47 Å². The summed E-state index contributed by atoms with van der Waals surface area (Å²) in [5.74, 6) is 2.67. The van der Waals surface area contributed by atoms with Crippen LogP contribution in [0.25, 0.3) is 0 Å². The van der Waals surface area contributed by atoms with Crippen molar-refractivity contribution in [3.05, 3.63) is 11.3 Å². The smallest absolute Gasteiger partial charge is 0.100 e. The highest BCUT2D eigenvalue weighted by atomic mass is 16.5. The highest BCUT2D eigenvalue weighted by Crippen LogP contribution is 2.39. The van der Waals surface area contributed by atoms with Gasteiger partial charge in [-0.05, 0) is 37.2 Å². The lowest BCUT2D eigenvalue weighted by molar-refractivity contribution is 0.186. The van der Waals surface area contributed by atoms with Gasteiger partial charge in [-0.3, -0.25) is 0 Å². The van der Waals surface area contributed by atoms with Crippen LogP contribution in [-0.4, -0.2) is 20.8 Å². The van der Waals surface area contributed by atoms with E-state index in [2.05, 4.69) is 0 Å². The van der Waals surface area contributed by atoms with Gasteiger partial charge in [-0.1, -0.05) is 25.7 Å². The first-order valence-corrected chi connectivity index (χ1v) is 7.12. The molecule has 0 aromatic rings. The van der Waals surface area contributed by atoms with Gasteiger partial charge in [0.05, 0.1) is 13.7 Å². The maximum Gasteiger partial charge on any atom is 0.100 e. The van der Waals surface area contributed by atoms with Crippen molar-refractivity contribution in [1.82, 2.24) is 0 Å². The summed E-state index contributed by atoms with van der Waals surface area (Å²) in [7, 11) is 3.65. The number of hydrogen-bond acceptors (Lipinski definition) is 2. The molecule has 2 saturated carbocycles. The maximum absolute atomic E-state index is 5.76. The molecule has 98 valence electrons. The molecule has 0 aromatic heterocycles. The summed E-state index contributed by atoms with van der Waals surface area (Å²) in [5.41, 5.74) is 1.47. The molecule has 0 radical (unpaired) electrons. The summed E-state index contributed by atoms with van der Waals surface area (Å²) in [5, 5.41) is 0. The Hall–Kier alpha value is -0.500. The van der Waals surface area contributed by atoms with Crippen LogP contribution in [0.5, 0.6) is 0 Å². The molecule has 2 aliphatic rings. The van der Waals surface area contributed by atoms with Crippen LogP contribution in [0.2, 0.25) is 0 Å². The molecule has 2 nitrogen and oxygen atoms in total. The summed E-state index contributed by atoms with van der Waals surface area (Å²) in [6.45, 7) is 0.768. The first-order valence-electron chi connectivity index (χ1n) is 7.12. The van der Waals surface area contributed by atoms with E-state index in [1.807, 2.05) is 7.11 Å². The van der Waals surface area contributed by atoms with Gasteiger partial charge < -0.3 is 9.47 Å². The van der Waals surface area contributed by atoms with Crippen molar-refractivity contribution in [3.63, 3.8) is 0 Å². The third kappa shape index (κ3) is 3.04. The number of hydrogen-bond donors (Lipinski definition) is 0. The lowest BCUT2D eigenvalue weighted by Gasteiger charge is -2.23. The molecule has 2 fully saturated rings. The third-order valence-corrected chi connectivity index (χ3v) is 4.41. The average Bonchev–Trinajstić information content (AvgIpc) is 3.02. The molecule has 0 atom stereocenters. The van der Waals surface area contributed by atoms with E-state index in [0.717, 1.165) is 12.5 Å². The molecule has 2 rings (SSSR count). The lowest BCUT2D eigenvalue weighted by atomic mass is 9.91. The minimum Gasteiger partial charge on any atom is -0.501 e. The predicted molar refractivity (Wildman–Crippen MR) is 69.8 cm³/mol. The number of methoxy groups -OCH3 is 2. The van der Waals surface area contributed by atoms with Gasteiger partial charge in [0.15, 0.2) is 0 Å². The minimum absolute atomic E-state index is 0.672. The van der Waals surface area contributed by atoms with Crippen molar-refractivity contribution in [2.45, 2.75) is 51.4 Å². The zero-order chi connectivity index (χ0) is 12.1. The summed E-state index contributed by atoms with van der Waals surface area (Å²) in [6.07, 6.45) is 10.8. The summed E-state index contributed by atoms with van der Waals surface area (Å²) in [6, 6.07) is 0. The monoisotopic (exact) mass is 238 g/mol. The van der Waals surface area contributed by atoms with Gasteiger partial charge in [-0.25, -0.2) is 0 Å². The SMILES string of the molecule is COCC(=C(OC)C1CCCC1)C1CCCC1. The molecule has 0 aromatic carbocycles. The largest absolute Gasteiger partial charge is 0.501 e. The average molecular weight is 238 g/mol. The van der Waals surface area contributed by atoms with E-state index in [1.54, 1.807) is 7.11 Å². The molecule has 2 heteroatoms. The second-order valence-electron chi connectivity index (χ2n) is 5.49. The first kappa shape index (κ1) is 12.9. The Morgan fingerprint density at radius 3 is 1.88 bits per heavy atom. The van der Waals surface area contributed by atoms with Crippen LogP contribution in [0, 0.1) is 11.8 Å². The summed E-state index contributed by atoms with van der Waals surface area (Å²) < 4.78 is 11.2. The van der Waals surface area contributed by atoms with Gasteiger partial charge in [-0.15, -0.1) is 0 Å². The van der Waals surface area contributed by atoms with Crippen LogP contribution in [0.4, 0.5) is 0 Å². The second-order valence-corrected chi connectivity index (χ2v) is 5.49. The Labute approximate surface area is 105 Å². The quantitative estimate of drug-likeness (QED) is 0.676. The molecule has 0 spiro atoms. The first-order chi connectivity index (χ1) is 8.36. The predicted octanol–water partition coefficient (Wildman–Crippen LogP) is 3.91. The van der Waals surface area contributed by atoms with E-state index in [4.69, 9.17) is 9.47 Å². The van der Waals surface area contributed by atoms with E-state index >= 15 is 0 Å². The van der Waals surface area contributed by atoms with Gasteiger partial charge >= 0.3 is 0 Å². The molecular formula is C15H26O2. The van der Waals surface area contributed by atoms with Crippen LogP contribution in [0.1, 0.15) is 51.4 Å². The molecule has 2 aliphatic carbocycles. The topological polar surface area (TPSA) is 18.5 Å². The van der Waals surface area contributed by atoms with Crippen molar-refractivity contribution in [1.29, 1.82) is 0 Å². The molecule has 0 N–H and O–H groups in total. The van der Waals surface area contributed by atoms with Crippen molar-refractivity contribution in [3.8, 4) is 0 Å². The fourth-order valence-electron chi connectivity index (χ4n) is 3.57. The van der Waals surface area contributed by atoms with Gasteiger partial charge in [0, 0.05) is 13.0 Å². The number of ether oxygens (including phenoxy) is 2. The summed E-state index contributed by atoms with van der Waals surface area (Å²) in [4.78, 5) is 0. The van der Waals surface area contributed by atoms with Crippen LogP contribution < -0.4 is 0 Å². The minimum atomic E-state index is 0.672. The fraction of sp³-hybridized carbons (Fsp3) is 0.867. The lowest BCUT2D eigenvalue weighted by Crippen LogP contribution is -2.14. The van der Waals surface area contributed by atoms with Gasteiger partial charge in [0.1, 0.15) is 5.76 Å². The Balaban J connectivity index is 2.17. The maximum atomic E-state index is 5.76. The van der Waals surface area contributed by atoms with Crippen molar-refractivity contribution >= 4 is 0 Å². The van der Waals surface area contributed by atoms with Crippen molar-refractivity contribution in [2.75, 3.05) is 20.8 Å². The fourth-order valence-corrected chi connectivity index (χ4v) is 3.57. The molecule has 17 heavy (non-hydrogen) atoms. The van der Waals surface area contributed by atoms with Crippen LogP contribution in [0.3, 0.4) is 0 Å². The van der Waals surface area contributed by atoms with Gasteiger partial charge in [0.25, 0.3) is 0 Å². The van der Waals surface area contributed by atoms with Gasteiger partial charge in [-0.2, -0.15) is 0 Å².